The van der Waals surface area contributed by atoms with Gasteiger partial charge in [-0.3, -0.25) is 4.79 Å². The first-order chi connectivity index (χ1) is 12.4. The summed E-state index contributed by atoms with van der Waals surface area (Å²) >= 11 is 0. The molecule has 1 unspecified atom stereocenters. The van der Waals surface area contributed by atoms with Gasteiger partial charge in [0.2, 0.25) is 0 Å². The molecule has 2 N–H and O–H groups in total. The van der Waals surface area contributed by atoms with E-state index in [0.29, 0.717) is 11.3 Å². The van der Waals surface area contributed by atoms with Crippen LogP contribution in [0.2, 0.25) is 0 Å². The molecule has 5 heteroatoms. The van der Waals surface area contributed by atoms with Crippen LogP contribution in [0.5, 0.6) is 5.75 Å². The van der Waals surface area contributed by atoms with E-state index < -0.39 is 12.6 Å². The Morgan fingerprint density at radius 3 is 2.46 bits per heavy atom. The highest BCUT2D eigenvalue weighted by atomic mass is 16.5. The van der Waals surface area contributed by atoms with Crippen LogP contribution in [0.4, 0.5) is 0 Å². The number of carboxylic acids is 1. The molecule has 1 amide bonds. The van der Waals surface area contributed by atoms with E-state index in [0.717, 1.165) is 30.4 Å². The van der Waals surface area contributed by atoms with Gasteiger partial charge in [-0.2, -0.15) is 0 Å². The van der Waals surface area contributed by atoms with Gasteiger partial charge in [-0.15, -0.1) is 0 Å². The topological polar surface area (TPSA) is 75.6 Å². The summed E-state index contributed by atoms with van der Waals surface area (Å²) in [6.45, 7) is 3.24. The zero-order valence-electron chi connectivity index (χ0n) is 15.0. The molecule has 0 fully saturated rings. The van der Waals surface area contributed by atoms with Gasteiger partial charge in [-0.1, -0.05) is 24.3 Å². The maximum Gasteiger partial charge on any atom is 0.341 e. The molecule has 0 heterocycles. The Kier molecular flexibility index (Phi) is 5.26. The molecule has 2 aromatic carbocycles. The van der Waals surface area contributed by atoms with Gasteiger partial charge in [-0.25, -0.2) is 4.79 Å². The Morgan fingerprint density at radius 1 is 1.15 bits per heavy atom. The molecular formula is C21H23NO4. The number of fused-ring (bicyclic) bond motifs is 1. The minimum atomic E-state index is -1.02. The summed E-state index contributed by atoms with van der Waals surface area (Å²) in [5.41, 5.74) is 4.75. The fraction of sp³-hybridized carbons (Fsp3) is 0.333. The molecule has 0 aromatic heterocycles. The third-order valence-corrected chi connectivity index (χ3v) is 4.74. The molecule has 0 aliphatic heterocycles. The monoisotopic (exact) mass is 353 g/mol. The molecule has 1 aliphatic carbocycles. The summed E-state index contributed by atoms with van der Waals surface area (Å²) < 4.78 is 5.32. The molecule has 1 atom stereocenters. The van der Waals surface area contributed by atoms with Crippen LogP contribution in [-0.2, 0) is 17.6 Å². The van der Waals surface area contributed by atoms with Crippen molar-refractivity contribution in [3.05, 3.63) is 64.2 Å². The average molecular weight is 353 g/mol. The lowest BCUT2D eigenvalue weighted by Crippen LogP contribution is -2.38. The Morgan fingerprint density at radius 2 is 1.81 bits per heavy atom. The largest absolute Gasteiger partial charge is 0.481 e. The van der Waals surface area contributed by atoms with Crippen molar-refractivity contribution in [1.29, 1.82) is 0 Å². The minimum Gasteiger partial charge on any atom is -0.481 e. The highest BCUT2D eigenvalue weighted by Crippen LogP contribution is 2.26. The molecule has 3 rings (SSSR count). The Hall–Kier alpha value is -2.82. The number of ether oxygens (including phenoxy) is 1. The number of rotatable bonds is 5. The van der Waals surface area contributed by atoms with E-state index in [4.69, 9.17) is 9.84 Å². The Balaban J connectivity index is 1.69. The predicted molar refractivity (Wildman–Crippen MR) is 98.8 cm³/mol. The first-order valence-electron chi connectivity index (χ1n) is 8.77. The van der Waals surface area contributed by atoms with E-state index in [2.05, 4.69) is 23.5 Å². The molecule has 0 saturated heterocycles. The van der Waals surface area contributed by atoms with Crippen molar-refractivity contribution < 1.29 is 19.4 Å². The van der Waals surface area contributed by atoms with Crippen LogP contribution in [0.3, 0.4) is 0 Å². The SMILES string of the molecule is Cc1cc(C(=O)NC2CCc3ccccc3C2)cc(C)c1OCC(=O)O. The van der Waals surface area contributed by atoms with Crippen molar-refractivity contribution in [3.8, 4) is 5.75 Å². The van der Waals surface area contributed by atoms with Crippen LogP contribution in [0.1, 0.15) is 39.0 Å². The van der Waals surface area contributed by atoms with Gasteiger partial charge < -0.3 is 15.2 Å². The lowest BCUT2D eigenvalue weighted by molar-refractivity contribution is -0.139. The molecule has 0 radical (unpaired) electrons. The van der Waals surface area contributed by atoms with Crippen LogP contribution in [0.25, 0.3) is 0 Å². The maximum absolute atomic E-state index is 12.7. The third-order valence-electron chi connectivity index (χ3n) is 4.74. The van der Waals surface area contributed by atoms with Crippen LogP contribution in [0, 0.1) is 13.8 Å². The summed E-state index contributed by atoms with van der Waals surface area (Å²) in [7, 11) is 0. The number of nitrogens with one attached hydrogen (secondary N) is 1. The summed E-state index contributed by atoms with van der Waals surface area (Å²) in [5.74, 6) is -0.607. The fourth-order valence-electron chi connectivity index (χ4n) is 3.53. The second-order valence-corrected chi connectivity index (χ2v) is 6.80. The molecule has 0 spiro atoms. The first-order valence-corrected chi connectivity index (χ1v) is 8.77. The predicted octanol–water partition coefficient (Wildman–Crippen LogP) is 3.05. The van der Waals surface area contributed by atoms with Gasteiger partial charge in [-0.05, 0) is 67.5 Å². The van der Waals surface area contributed by atoms with Gasteiger partial charge >= 0.3 is 5.97 Å². The maximum atomic E-state index is 12.7. The average Bonchev–Trinajstić information content (AvgIpc) is 2.60. The number of benzene rings is 2. The number of carbonyl (C=O) groups excluding carboxylic acids is 1. The molecule has 5 nitrogen and oxygen atoms in total. The minimum absolute atomic E-state index is 0.106. The molecule has 2 aromatic rings. The lowest BCUT2D eigenvalue weighted by atomic mass is 9.88. The number of carbonyl (C=O) groups is 2. The van der Waals surface area contributed by atoms with E-state index in [9.17, 15) is 9.59 Å². The van der Waals surface area contributed by atoms with Gasteiger partial charge in [0, 0.05) is 11.6 Å². The number of hydrogen-bond acceptors (Lipinski definition) is 3. The van der Waals surface area contributed by atoms with Crippen LogP contribution in [-0.4, -0.2) is 29.6 Å². The van der Waals surface area contributed by atoms with Crippen LogP contribution in [0.15, 0.2) is 36.4 Å². The van der Waals surface area contributed by atoms with E-state index in [-0.39, 0.29) is 11.9 Å². The molecular weight excluding hydrogens is 330 g/mol. The first kappa shape index (κ1) is 18.0. The highest BCUT2D eigenvalue weighted by molar-refractivity contribution is 5.95. The Labute approximate surface area is 153 Å². The van der Waals surface area contributed by atoms with Crippen molar-refractivity contribution >= 4 is 11.9 Å². The van der Waals surface area contributed by atoms with Crippen molar-refractivity contribution in [2.45, 2.75) is 39.2 Å². The Bertz CT molecular complexity index is 821. The van der Waals surface area contributed by atoms with Crippen molar-refractivity contribution in [3.63, 3.8) is 0 Å². The quantitative estimate of drug-likeness (QED) is 0.866. The van der Waals surface area contributed by atoms with E-state index in [1.807, 2.05) is 19.9 Å². The van der Waals surface area contributed by atoms with Gasteiger partial charge in [0.25, 0.3) is 5.91 Å². The van der Waals surface area contributed by atoms with Crippen molar-refractivity contribution in [2.75, 3.05) is 6.61 Å². The summed E-state index contributed by atoms with van der Waals surface area (Å²) in [6, 6.07) is 12.0. The van der Waals surface area contributed by atoms with Crippen LogP contribution >= 0.6 is 0 Å². The molecule has 0 saturated carbocycles. The van der Waals surface area contributed by atoms with Crippen molar-refractivity contribution in [2.24, 2.45) is 0 Å². The standard InChI is InChI=1S/C21H23NO4/c1-13-9-17(10-14(2)20(13)26-12-19(23)24)21(25)22-18-8-7-15-5-3-4-6-16(15)11-18/h3-6,9-10,18H,7-8,11-12H2,1-2H3,(H,22,25)(H,23,24). The zero-order chi connectivity index (χ0) is 18.7. The van der Waals surface area contributed by atoms with E-state index in [1.165, 1.54) is 11.1 Å². The molecule has 0 bridgehead atoms. The molecule has 136 valence electrons. The zero-order valence-corrected chi connectivity index (χ0v) is 15.0. The number of aliphatic carboxylic acids is 1. The van der Waals surface area contributed by atoms with Gasteiger partial charge in [0.1, 0.15) is 5.75 Å². The van der Waals surface area contributed by atoms with Gasteiger partial charge in [0.15, 0.2) is 6.61 Å². The number of aryl methyl sites for hydroxylation is 3. The van der Waals surface area contributed by atoms with E-state index >= 15 is 0 Å². The molecule has 26 heavy (non-hydrogen) atoms. The van der Waals surface area contributed by atoms with Gasteiger partial charge in [0.05, 0.1) is 0 Å². The van der Waals surface area contributed by atoms with Crippen LogP contribution < -0.4 is 10.1 Å². The number of amides is 1. The number of hydrogen-bond donors (Lipinski definition) is 2. The molecule has 1 aliphatic rings. The van der Waals surface area contributed by atoms with Crippen molar-refractivity contribution in [1.82, 2.24) is 5.32 Å². The lowest BCUT2D eigenvalue weighted by Gasteiger charge is -2.25. The summed E-state index contributed by atoms with van der Waals surface area (Å²) in [5, 5.41) is 11.9. The smallest absolute Gasteiger partial charge is 0.341 e. The summed E-state index contributed by atoms with van der Waals surface area (Å²) in [4.78, 5) is 23.4. The second-order valence-electron chi connectivity index (χ2n) is 6.80. The third kappa shape index (κ3) is 4.04. The normalized spacial score (nSPS) is 15.8. The second kappa shape index (κ2) is 7.60. The fourth-order valence-corrected chi connectivity index (χ4v) is 3.53. The van der Waals surface area contributed by atoms with E-state index in [1.54, 1.807) is 12.1 Å². The highest BCUT2D eigenvalue weighted by Gasteiger charge is 2.21. The number of carboxylic acid groups (broad SMARTS) is 1. The summed E-state index contributed by atoms with van der Waals surface area (Å²) in [6.07, 6.45) is 2.75.